The van der Waals surface area contributed by atoms with E-state index in [-0.39, 0.29) is 0 Å². The van der Waals surface area contributed by atoms with Gasteiger partial charge in [0.25, 0.3) is 0 Å². The summed E-state index contributed by atoms with van der Waals surface area (Å²) in [7, 11) is 0. The minimum Gasteiger partial charge on any atom is -0.361 e. The summed E-state index contributed by atoms with van der Waals surface area (Å²) in [6.45, 7) is 3.69. The van der Waals surface area contributed by atoms with E-state index in [1.807, 2.05) is 0 Å². The van der Waals surface area contributed by atoms with Gasteiger partial charge >= 0.3 is 0 Å². The van der Waals surface area contributed by atoms with Crippen molar-refractivity contribution >= 4 is 0 Å². The van der Waals surface area contributed by atoms with Gasteiger partial charge in [-0.05, 0) is 13.8 Å². The molecule has 1 unspecified atom stereocenters. The smallest absolute Gasteiger partial charge is 0.167 e. The molecule has 5 heteroatoms. The average molecular weight is 245 g/mol. The number of benzene rings is 1. The van der Waals surface area contributed by atoms with Gasteiger partial charge in [0.15, 0.2) is 23.3 Å². The molecule has 0 aliphatic carbocycles. The number of hydrogen-bond acceptors (Lipinski definition) is 1. The van der Waals surface area contributed by atoms with Crippen molar-refractivity contribution in [3.05, 3.63) is 41.3 Å². The van der Waals surface area contributed by atoms with Gasteiger partial charge < -0.3 is 4.74 Å². The Labute approximate surface area is 96.4 Å². The summed E-state index contributed by atoms with van der Waals surface area (Å²) in [5.41, 5.74) is -1.79. The molecule has 1 aromatic carbocycles. The van der Waals surface area contributed by atoms with Crippen molar-refractivity contribution in [2.45, 2.75) is 19.6 Å². The summed E-state index contributed by atoms with van der Waals surface area (Å²) in [5, 5.41) is 0. The maximum Gasteiger partial charge on any atom is 0.167 e. The molecule has 0 spiro atoms. The van der Waals surface area contributed by atoms with Crippen molar-refractivity contribution in [3.8, 4) is 12.3 Å². The Balaban J connectivity index is 3.13. The van der Waals surface area contributed by atoms with Crippen LogP contribution in [0.25, 0.3) is 0 Å². The Hall–Kier alpha value is -1.54. The molecule has 17 heavy (non-hydrogen) atoms. The fourth-order valence-electron chi connectivity index (χ4n) is 1.11. The highest BCUT2D eigenvalue weighted by Crippen LogP contribution is 2.24. The molecule has 1 atom stereocenters. The topological polar surface area (TPSA) is 9.23 Å². The molecule has 0 amide bonds. The third-order valence-electron chi connectivity index (χ3n) is 2.16. The van der Waals surface area contributed by atoms with Gasteiger partial charge in [-0.1, -0.05) is 5.92 Å². The zero-order valence-electron chi connectivity index (χ0n) is 8.99. The lowest BCUT2D eigenvalue weighted by Gasteiger charge is -2.11. The molecule has 1 nitrogen and oxygen atoms in total. The summed E-state index contributed by atoms with van der Waals surface area (Å²) in [4.78, 5) is 0. The van der Waals surface area contributed by atoms with Crippen LogP contribution in [0.1, 0.15) is 18.1 Å². The number of terminal acetylenes is 1. The fraction of sp³-hybridized carbons (Fsp3) is 0.250. The van der Waals surface area contributed by atoms with Gasteiger partial charge in [0.1, 0.15) is 6.10 Å². The molecule has 0 saturated heterocycles. The first-order valence-electron chi connectivity index (χ1n) is 4.64. The average Bonchev–Trinajstić information content (AvgIpc) is 2.33. The second-order valence-electron chi connectivity index (χ2n) is 3.33. The number of hydrogen-bond donors (Lipinski definition) is 0. The minimum absolute atomic E-state index is 0.656. The third-order valence-corrected chi connectivity index (χ3v) is 2.16. The summed E-state index contributed by atoms with van der Waals surface area (Å²) in [6, 6.07) is 0. The van der Waals surface area contributed by atoms with Gasteiger partial charge in [-0.2, -0.15) is 0 Å². The molecule has 0 aliphatic rings. The van der Waals surface area contributed by atoms with Gasteiger partial charge in [0.05, 0.1) is 12.2 Å². The first-order valence-corrected chi connectivity index (χ1v) is 4.64. The second kappa shape index (κ2) is 5.19. The van der Waals surface area contributed by atoms with Crippen LogP contribution in [0.3, 0.4) is 0 Å². The molecule has 0 heterocycles. The highest BCUT2D eigenvalue weighted by Gasteiger charge is 2.23. The first kappa shape index (κ1) is 13.5. The van der Waals surface area contributed by atoms with E-state index in [1.54, 1.807) is 0 Å². The first-order chi connectivity index (χ1) is 7.90. The molecule has 0 N–H and O–H groups in total. The standard InChI is InChI=1S/C12H9F4O/c1-4-6(2)17-5-8-11(15)9(13)7(3)10(14)12(8)16/h1,6H,3,5H2,2H3. The highest BCUT2D eigenvalue weighted by atomic mass is 19.2. The number of ether oxygens (including phenoxy) is 1. The van der Waals surface area contributed by atoms with E-state index in [1.165, 1.54) is 6.92 Å². The van der Waals surface area contributed by atoms with Crippen LogP contribution in [0.5, 0.6) is 0 Å². The van der Waals surface area contributed by atoms with E-state index in [4.69, 9.17) is 11.2 Å². The van der Waals surface area contributed by atoms with Crippen LogP contribution in [0.2, 0.25) is 0 Å². The Morgan fingerprint density at radius 3 is 2.06 bits per heavy atom. The van der Waals surface area contributed by atoms with Crippen molar-refractivity contribution < 1.29 is 22.3 Å². The van der Waals surface area contributed by atoms with Crippen LogP contribution in [-0.2, 0) is 11.3 Å². The lowest BCUT2D eigenvalue weighted by atomic mass is 10.1. The quantitative estimate of drug-likeness (QED) is 0.452. The van der Waals surface area contributed by atoms with Crippen molar-refractivity contribution in [2.24, 2.45) is 0 Å². The van der Waals surface area contributed by atoms with Crippen LogP contribution in [0.15, 0.2) is 0 Å². The van der Waals surface area contributed by atoms with Crippen LogP contribution < -0.4 is 0 Å². The van der Waals surface area contributed by atoms with Crippen LogP contribution in [-0.4, -0.2) is 6.10 Å². The van der Waals surface area contributed by atoms with E-state index in [9.17, 15) is 17.6 Å². The molecular formula is C12H9F4O. The van der Waals surface area contributed by atoms with Gasteiger partial charge in [-0.25, -0.2) is 17.6 Å². The van der Waals surface area contributed by atoms with Gasteiger partial charge in [0, 0.05) is 5.56 Å². The van der Waals surface area contributed by atoms with Crippen LogP contribution >= 0.6 is 0 Å². The van der Waals surface area contributed by atoms with Crippen molar-refractivity contribution in [1.29, 1.82) is 0 Å². The maximum atomic E-state index is 13.3. The highest BCUT2D eigenvalue weighted by molar-refractivity contribution is 5.31. The predicted octanol–water partition coefficient (Wildman–Crippen LogP) is 2.96. The summed E-state index contributed by atoms with van der Waals surface area (Å²) in [5.74, 6) is -3.95. The molecule has 0 aromatic heterocycles. The number of rotatable bonds is 3. The van der Waals surface area contributed by atoms with Crippen molar-refractivity contribution in [2.75, 3.05) is 0 Å². The minimum atomic E-state index is -1.53. The van der Waals surface area contributed by atoms with Gasteiger partial charge in [-0.3, -0.25) is 0 Å². The van der Waals surface area contributed by atoms with Crippen molar-refractivity contribution in [3.63, 3.8) is 0 Å². The Kier molecular flexibility index (Phi) is 4.13. The predicted molar refractivity (Wildman–Crippen MR) is 53.8 cm³/mol. The normalized spacial score (nSPS) is 12.3. The largest absolute Gasteiger partial charge is 0.361 e. The second-order valence-corrected chi connectivity index (χ2v) is 3.33. The summed E-state index contributed by atoms with van der Waals surface area (Å²) in [6.07, 6.45) is 4.25. The molecule has 91 valence electrons. The van der Waals surface area contributed by atoms with Crippen molar-refractivity contribution in [1.82, 2.24) is 0 Å². The van der Waals surface area contributed by atoms with E-state index in [0.29, 0.717) is 0 Å². The Morgan fingerprint density at radius 1 is 1.18 bits per heavy atom. The van der Waals surface area contributed by atoms with E-state index in [0.717, 1.165) is 0 Å². The summed E-state index contributed by atoms with van der Waals surface area (Å²) >= 11 is 0. The molecule has 0 bridgehead atoms. The van der Waals surface area contributed by atoms with E-state index >= 15 is 0 Å². The zero-order valence-corrected chi connectivity index (χ0v) is 8.99. The SMILES string of the molecule is C#CC(C)OCc1c(F)c(F)c([CH2])c(F)c1F. The molecule has 1 rings (SSSR count). The monoisotopic (exact) mass is 245 g/mol. The lowest BCUT2D eigenvalue weighted by molar-refractivity contribution is 0.0848. The molecule has 0 fully saturated rings. The maximum absolute atomic E-state index is 13.3. The number of halogens is 4. The van der Waals surface area contributed by atoms with E-state index < -0.39 is 47.1 Å². The Morgan fingerprint density at radius 2 is 1.65 bits per heavy atom. The lowest BCUT2D eigenvalue weighted by Crippen LogP contribution is -2.11. The summed E-state index contributed by atoms with van der Waals surface area (Å²) < 4.78 is 57.6. The van der Waals surface area contributed by atoms with Crippen LogP contribution in [0, 0.1) is 42.5 Å². The van der Waals surface area contributed by atoms with Gasteiger partial charge in [0.2, 0.25) is 0 Å². The Bertz CT molecular complexity index is 447. The molecule has 0 aliphatic heterocycles. The molecule has 1 radical (unpaired) electrons. The molecule has 0 saturated carbocycles. The zero-order chi connectivity index (χ0) is 13.2. The molecular weight excluding hydrogens is 236 g/mol. The van der Waals surface area contributed by atoms with Gasteiger partial charge in [-0.15, -0.1) is 6.42 Å². The fourth-order valence-corrected chi connectivity index (χ4v) is 1.11. The van der Waals surface area contributed by atoms with E-state index in [2.05, 4.69) is 12.8 Å². The molecule has 1 aromatic rings. The van der Waals surface area contributed by atoms with Crippen LogP contribution in [0.4, 0.5) is 17.6 Å². The third kappa shape index (κ3) is 2.59.